The minimum absolute atomic E-state index is 0.304. The Kier molecular flexibility index (Phi) is 3.34. The number of aliphatic hydroxyl groups is 1. The fourth-order valence-corrected chi connectivity index (χ4v) is 2.96. The molecule has 0 saturated carbocycles. The van der Waals surface area contributed by atoms with Gasteiger partial charge in [0.2, 0.25) is 5.89 Å². The number of fused-ring (bicyclic) bond motifs is 1. The second-order valence-electron chi connectivity index (χ2n) is 5.28. The lowest BCUT2D eigenvalue weighted by Gasteiger charge is -2.18. The van der Waals surface area contributed by atoms with Crippen molar-refractivity contribution in [1.29, 1.82) is 0 Å². The number of halogens is 1. The lowest BCUT2D eigenvalue weighted by molar-refractivity contribution is 0.155. The van der Waals surface area contributed by atoms with Crippen molar-refractivity contribution in [2.45, 2.75) is 31.9 Å². The molecule has 1 atom stereocenters. The topological polar surface area (TPSA) is 90.1 Å². The summed E-state index contributed by atoms with van der Waals surface area (Å²) in [5, 5.41) is 22.2. The van der Waals surface area contributed by atoms with Crippen LogP contribution in [0.5, 0.6) is 0 Å². The second kappa shape index (κ2) is 5.36. The SMILES string of the molecule is OC1CCc2cnn(Cc3nnc(-c4ccc(Br)o4)o3)c2C1. The molecule has 0 bridgehead atoms. The maximum absolute atomic E-state index is 9.81. The third-order valence-electron chi connectivity index (χ3n) is 3.75. The summed E-state index contributed by atoms with van der Waals surface area (Å²) in [5.74, 6) is 1.30. The van der Waals surface area contributed by atoms with Gasteiger partial charge in [0.15, 0.2) is 10.4 Å². The normalized spacial score (nSPS) is 17.6. The van der Waals surface area contributed by atoms with E-state index in [0.717, 1.165) is 18.5 Å². The van der Waals surface area contributed by atoms with Gasteiger partial charge in [-0.2, -0.15) is 5.10 Å². The van der Waals surface area contributed by atoms with Gasteiger partial charge in [-0.15, -0.1) is 10.2 Å². The number of hydrogen-bond donors (Lipinski definition) is 1. The van der Waals surface area contributed by atoms with Gasteiger partial charge in [-0.05, 0) is 46.5 Å². The zero-order valence-electron chi connectivity index (χ0n) is 11.6. The van der Waals surface area contributed by atoms with Crippen molar-refractivity contribution in [2.75, 3.05) is 0 Å². The Balaban J connectivity index is 1.57. The van der Waals surface area contributed by atoms with Crippen LogP contribution in [0.25, 0.3) is 11.7 Å². The summed E-state index contributed by atoms with van der Waals surface area (Å²) in [6.45, 7) is 0.386. The highest BCUT2D eigenvalue weighted by Gasteiger charge is 2.22. The van der Waals surface area contributed by atoms with E-state index in [9.17, 15) is 5.11 Å². The largest absolute Gasteiger partial charge is 0.444 e. The van der Waals surface area contributed by atoms with Gasteiger partial charge in [0, 0.05) is 12.1 Å². The summed E-state index contributed by atoms with van der Waals surface area (Å²) in [5.41, 5.74) is 2.22. The summed E-state index contributed by atoms with van der Waals surface area (Å²) in [6, 6.07) is 3.53. The molecule has 114 valence electrons. The van der Waals surface area contributed by atoms with Gasteiger partial charge in [-0.25, -0.2) is 0 Å². The molecule has 0 radical (unpaired) electrons. The Morgan fingerprint density at radius 1 is 1.32 bits per heavy atom. The number of aliphatic hydroxyl groups excluding tert-OH is 1. The second-order valence-corrected chi connectivity index (χ2v) is 6.06. The molecule has 3 aromatic rings. The van der Waals surface area contributed by atoms with Gasteiger partial charge < -0.3 is 13.9 Å². The van der Waals surface area contributed by atoms with Crippen molar-refractivity contribution in [3.05, 3.63) is 40.1 Å². The van der Waals surface area contributed by atoms with Crippen molar-refractivity contribution in [3.8, 4) is 11.7 Å². The third-order valence-corrected chi connectivity index (χ3v) is 4.17. The van der Waals surface area contributed by atoms with Crippen molar-refractivity contribution in [1.82, 2.24) is 20.0 Å². The van der Waals surface area contributed by atoms with E-state index in [0.29, 0.717) is 35.2 Å². The standard InChI is InChI=1S/C14H13BrN4O3/c15-12-4-3-11(21-12)14-18-17-13(22-14)7-19-10-5-9(20)2-1-8(10)6-16-19/h3-4,6,9,20H,1-2,5,7H2. The van der Waals surface area contributed by atoms with Gasteiger partial charge in [0.25, 0.3) is 5.89 Å². The molecule has 3 heterocycles. The first kappa shape index (κ1) is 13.7. The van der Waals surface area contributed by atoms with Crippen LogP contribution >= 0.6 is 15.9 Å². The fourth-order valence-electron chi connectivity index (χ4n) is 2.65. The quantitative estimate of drug-likeness (QED) is 0.765. The van der Waals surface area contributed by atoms with Crippen LogP contribution in [-0.2, 0) is 19.4 Å². The van der Waals surface area contributed by atoms with Crippen LogP contribution in [0.2, 0.25) is 0 Å². The molecule has 22 heavy (non-hydrogen) atoms. The molecule has 0 aliphatic heterocycles. The molecule has 0 fully saturated rings. The van der Waals surface area contributed by atoms with Gasteiger partial charge in [-0.3, -0.25) is 4.68 Å². The van der Waals surface area contributed by atoms with Crippen LogP contribution < -0.4 is 0 Å². The Hall–Kier alpha value is -1.93. The average Bonchev–Trinajstić information content (AvgIpc) is 3.20. The molecule has 8 heteroatoms. The third kappa shape index (κ3) is 2.48. The first-order chi connectivity index (χ1) is 10.7. The van der Waals surface area contributed by atoms with Gasteiger partial charge in [0.1, 0.15) is 6.54 Å². The molecule has 1 aliphatic rings. The van der Waals surface area contributed by atoms with Crippen LogP contribution in [0.15, 0.2) is 31.8 Å². The number of rotatable bonds is 3. The van der Waals surface area contributed by atoms with E-state index in [4.69, 9.17) is 8.83 Å². The molecule has 7 nitrogen and oxygen atoms in total. The van der Waals surface area contributed by atoms with E-state index in [-0.39, 0.29) is 6.10 Å². The summed E-state index contributed by atoms with van der Waals surface area (Å²) < 4.78 is 13.4. The van der Waals surface area contributed by atoms with Gasteiger partial charge >= 0.3 is 0 Å². The molecular formula is C14H13BrN4O3. The molecule has 0 amide bonds. The minimum atomic E-state index is -0.304. The van der Waals surface area contributed by atoms with Crippen LogP contribution in [-0.4, -0.2) is 31.2 Å². The molecule has 4 rings (SSSR count). The van der Waals surface area contributed by atoms with Crippen molar-refractivity contribution >= 4 is 15.9 Å². The Morgan fingerprint density at radius 2 is 2.23 bits per heavy atom. The lowest BCUT2D eigenvalue weighted by Crippen LogP contribution is -2.21. The first-order valence-corrected chi connectivity index (χ1v) is 7.78. The highest BCUT2D eigenvalue weighted by Crippen LogP contribution is 2.25. The van der Waals surface area contributed by atoms with E-state index in [1.54, 1.807) is 12.1 Å². The summed E-state index contributed by atoms with van der Waals surface area (Å²) >= 11 is 3.24. The highest BCUT2D eigenvalue weighted by atomic mass is 79.9. The first-order valence-electron chi connectivity index (χ1n) is 6.99. The van der Waals surface area contributed by atoms with E-state index < -0.39 is 0 Å². The Bertz CT molecular complexity index is 807. The summed E-state index contributed by atoms with van der Waals surface area (Å²) in [6.07, 6.45) is 3.80. The zero-order chi connectivity index (χ0) is 15.1. The van der Waals surface area contributed by atoms with Crippen molar-refractivity contribution in [2.24, 2.45) is 0 Å². The number of aromatic nitrogens is 4. The predicted molar refractivity (Wildman–Crippen MR) is 79.1 cm³/mol. The molecule has 1 unspecified atom stereocenters. The maximum Gasteiger partial charge on any atom is 0.283 e. The molecule has 0 aromatic carbocycles. The highest BCUT2D eigenvalue weighted by molar-refractivity contribution is 9.10. The summed E-state index contributed by atoms with van der Waals surface area (Å²) in [7, 11) is 0. The number of hydrogen-bond acceptors (Lipinski definition) is 6. The Morgan fingerprint density at radius 3 is 3.05 bits per heavy atom. The maximum atomic E-state index is 9.81. The number of furan rings is 1. The van der Waals surface area contributed by atoms with Gasteiger partial charge in [-0.1, -0.05) is 0 Å². The van der Waals surface area contributed by atoms with Crippen molar-refractivity contribution < 1.29 is 13.9 Å². The van der Waals surface area contributed by atoms with E-state index in [2.05, 4.69) is 31.2 Å². The average molecular weight is 365 g/mol. The fraction of sp³-hybridized carbons (Fsp3) is 0.357. The van der Waals surface area contributed by atoms with Crippen LogP contribution in [0.4, 0.5) is 0 Å². The molecule has 3 aromatic heterocycles. The smallest absolute Gasteiger partial charge is 0.283 e. The minimum Gasteiger partial charge on any atom is -0.444 e. The van der Waals surface area contributed by atoms with Crippen LogP contribution in [0, 0.1) is 0 Å². The van der Waals surface area contributed by atoms with E-state index in [1.165, 1.54) is 5.56 Å². The number of aryl methyl sites for hydroxylation is 1. The van der Waals surface area contributed by atoms with E-state index in [1.807, 2.05) is 10.9 Å². The zero-order valence-corrected chi connectivity index (χ0v) is 13.2. The van der Waals surface area contributed by atoms with Crippen LogP contribution in [0.1, 0.15) is 23.6 Å². The molecule has 1 aliphatic carbocycles. The van der Waals surface area contributed by atoms with Gasteiger partial charge in [0.05, 0.1) is 12.3 Å². The predicted octanol–water partition coefficient (Wildman–Crippen LogP) is 2.19. The van der Waals surface area contributed by atoms with Crippen LogP contribution in [0.3, 0.4) is 0 Å². The van der Waals surface area contributed by atoms with Crippen molar-refractivity contribution in [3.63, 3.8) is 0 Å². The monoisotopic (exact) mass is 364 g/mol. The molecule has 1 N–H and O–H groups in total. The Labute approximate surface area is 134 Å². The number of nitrogens with zero attached hydrogens (tertiary/aromatic N) is 4. The lowest BCUT2D eigenvalue weighted by atomic mass is 9.96. The molecule has 0 spiro atoms. The molecule has 0 saturated heterocycles. The van der Waals surface area contributed by atoms with E-state index >= 15 is 0 Å². The molecular weight excluding hydrogens is 352 g/mol. The summed E-state index contributed by atoms with van der Waals surface area (Å²) in [4.78, 5) is 0.